The first-order chi connectivity index (χ1) is 18.2. The summed E-state index contributed by atoms with van der Waals surface area (Å²) < 4.78 is 5.16. The summed E-state index contributed by atoms with van der Waals surface area (Å²) in [6, 6.07) is 19.9. The second kappa shape index (κ2) is 11.3. The van der Waals surface area contributed by atoms with Gasteiger partial charge in [-0.25, -0.2) is 9.69 Å². The molecule has 0 spiro atoms. The fraction of sp³-hybridized carbons (Fsp3) is 0.172. The zero-order valence-electron chi connectivity index (χ0n) is 21.1. The van der Waals surface area contributed by atoms with Crippen LogP contribution in [0.3, 0.4) is 0 Å². The Bertz CT molecular complexity index is 1410. The molecule has 0 bridgehead atoms. The summed E-state index contributed by atoms with van der Waals surface area (Å²) in [5, 5.41) is 5.45. The molecule has 4 rings (SSSR count). The smallest absolute Gasteiger partial charge is 0.338 e. The summed E-state index contributed by atoms with van der Waals surface area (Å²) in [6.07, 6.45) is 0.610. The molecule has 194 valence electrons. The lowest BCUT2D eigenvalue weighted by atomic mass is 10.1. The third kappa shape index (κ3) is 5.76. The minimum absolute atomic E-state index is 0.0375. The van der Waals surface area contributed by atoms with Crippen molar-refractivity contribution >= 4 is 52.4 Å². The molecule has 0 saturated carbocycles. The number of benzene rings is 3. The largest absolute Gasteiger partial charge is 0.459 e. The molecule has 0 fully saturated rings. The molecule has 0 atom stereocenters. The van der Waals surface area contributed by atoms with Gasteiger partial charge in [0.15, 0.2) is 0 Å². The zero-order chi connectivity index (χ0) is 27.4. The second-order valence-corrected chi connectivity index (χ2v) is 9.22. The molecule has 3 aromatic rings. The van der Waals surface area contributed by atoms with E-state index in [1.54, 1.807) is 74.5 Å². The number of halogens is 1. The fourth-order valence-corrected chi connectivity index (χ4v) is 3.96. The van der Waals surface area contributed by atoms with Crippen LogP contribution in [0.5, 0.6) is 0 Å². The monoisotopic (exact) mass is 531 g/mol. The molecule has 1 aliphatic rings. The van der Waals surface area contributed by atoms with Gasteiger partial charge in [0.25, 0.3) is 17.7 Å². The van der Waals surface area contributed by atoms with Crippen molar-refractivity contribution in [1.29, 1.82) is 0 Å². The van der Waals surface area contributed by atoms with Gasteiger partial charge in [-0.1, -0.05) is 30.7 Å². The maximum Gasteiger partial charge on any atom is 0.338 e. The van der Waals surface area contributed by atoms with E-state index in [0.717, 1.165) is 16.9 Å². The normalized spacial score (nSPS) is 13.2. The van der Waals surface area contributed by atoms with Crippen molar-refractivity contribution in [3.63, 3.8) is 0 Å². The molecule has 38 heavy (non-hydrogen) atoms. The number of nitrogens with zero attached hydrogens (tertiary/aromatic N) is 1. The summed E-state index contributed by atoms with van der Waals surface area (Å²) >= 11 is 6.22. The molecule has 1 heterocycles. The van der Waals surface area contributed by atoms with E-state index in [-0.39, 0.29) is 22.7 Å². The molecule has 1 aliphatic heterocycles. The van der Waals surface area contributed by atoms with Crippen LogP contribution in [0.2, 0.25) is 0 Å². The number of hydrogen-bond donors (Lipinski definition) is 2. The molecule has 0 aliphatic carbocycles. The van der Waals surface area contributed by atoms with Crippen LogP contribution in [0.1, 0.15) is 47.1 Å². The first-order valence-corrected chi connectivity index (χ1v) is 12.4. The number of nitrogens with one attached hydrogen (secondary N) is 2. The van der Waals surface area contributed by atoms with Crippen molar-refractivity contribution in [2.24, 2.45) is 0 Å². The Morgan fingerprint density at radius 2 is 1.42 bits per heavy atom. The van der Waals surface area contributed by atoms with Crippen LogP contribution in [0.4, 0.5) is 17.1 Å². The van der Waals surface area contributed by atoms with Crippen molar-refractivity contribution < 1.29 is 23.9 Å². The Kier molecular flexibility index (Phi) is 7.93. The van der Waals surface area contributed by atoms with E-state index in [2.05, 4.69) is 10.6 Å². The quantitative estimate of drug-likeness (QED) is 0.294. The molecule has 3 amide bonds. The molecule has 0 radical (unpaired) electrons. The van der Waals surface area contributed by atoms with Gasteiger partial charge in [-0.15, -0.1) is 0 Å². The lowest BCUT2D eigenvalue weighted by molar-refractivity contribution is -0.120. The molecular weight excluding hydrogens is 506 g/mol. The number of ether oxygens (including phenoxy) is 1. The van der Waals surface area contributed by atoms with Gasteiger partial charge in [-0.3, -0.25) is 14.4 Å². The first kappa shape index (κ1) is 26.6. The van der Waals surface area contributed by atoms with Crippen LogP contribution < -0.4 is 15.5 Å². The van der Waals surface area contributed by atoms with Crippen LogP contribution in [-0.2, 0) is 20.7 Å². The van der Waals surface area contributed by atoms with Crippen LogP contribution in [-0.4, -0.2) is 29.8 Å². The van der Waals surface area contributed by atoms with Gasteiger partial charge in [-0.2, -0.15) is 0 Å². The Labute approximate surface area is 225 Å². The van der Waals surface area contributed by atoms with Gasteiger partial charge in [-0.05, 0) is 86.5 Å². The molecule has 0 saturated heterocycles. The molecule has 2 N–H and O–H groups in total. The van der Waals surface area contributed by atoms with Crippen LogP contribution in [0, 0.1) is 0 Å². The number of amides is 3. The third-order valence-corrected chi connectivity index (χ3v) is 6.12. The third-order valence-electron chi connectivity index (χ3n) is 5.77. The number of aryl methyl sites for hydroxylation is 1. The topological polar surface area (TPSA) is 105 Å². The summed E-state index contributed by atoms with van der Waals surface area (Å²) in [5.74, 6) is -1.97. The Balaban J connectivity index is 1.40. The van der Waals surface area contributed by atoms with E-state index in [0.29, 0.717) is 28.2 Å². The number of esters is 1. The molecule has 9 heteroatoms. The average Bonchev–Trinajstić information content (AvgIpc) is 3.12. The standard InChI is InChI=1S/C29H26ClN3O5/c1-4-18-5-15-23(16-6-18)33-27(35)24(30)25(28(33)36)31-21-11-7-19(8-12-21)26(34)32-22-13-9-20(10-14-22)29(37)38-17(2)3/h5-17,31H,4H2,1-3H3,(H,32,34). The number of imide groups is 1. The fourth-order valence-electron chi connectivity index (χ4n) is 3.75. The number of hydrogen-bond acceptors (Lipinski definition) is 6. The van der Waals surface area contributed by atoms with Crippen molar-refractivity contribution in [3.05, 3.63) is 100 Å². The van der Waals surface area contributed by atoms with Gasteiger partial charge in [0.1, 0.15) is 10.7 Å². The highest BCUT2D eigenvalue weighted by atomic mass is 35.5. The summed E-state index contributed by atoms with van der Waals surface area (Å²) in [6.45, 7) is 5.55. The predicted octanol–water partition coefficient (Wildman–Crippen LogP) is 5.50. The van der Waals surface area contributed by atoms with Gasteiger partial charge < -0.3 is 15.4 Å². The summed E-state index contributed by atoms with van der Waals surface area (Å²) in [5.41, 5.74) is 3.22. The highest BCUT2D eigenvalue weighted by Crippen LogP contribution is 2.30. The molecule has 0 aromatic heterocycles. The van der Waals surface area contributed by atoms with E-state index in [1.165, 1.54) is 0 Å². The van der Waals surface area contributed by atoms with Crippen molar-refractivity contribution in [3.8, 4) is 0 Å². The second-order valence-electron chi connectivity index (χ2n) is 8.84. The van der Waals surface area contributed by atoms with Gasteiger partial charge in [0.05, 0.1) is 17.4 Å². The highest BCUT2D eigenvalue weighted by Gasteiger charge is 2.38. The van der Waals surface area contributed by atoms with Crippen molar-refractivity contribution in [1.82, 2.24) is 0 Å². The van der Waals surface area contributed by atoms with Crippen LogP contribution >= 0.6 is 11.6 Å². The molecule has 8 nitrogen and oxygen atoms in total. The average molecular weight is 532 g/mol. The summed E-state index contributed by atoms with van der Waals surface area (Å²) in [4.78, 5) is 51.3. The Hall–Kier alpha value is -4.43. The van der Waals surface area contributed by atoms with E-state index < -0.39 is 17.8 Å². The maximum absolute atomic E-state index is 13.0. The lowest BCUT2D eigenvalue weighted by Gasteiger charge is -2.15. The van der Waals surface area contributed by atoms with E-state index >= 15 is 0 Å². The Morgan fingerprint density at radius 1 is 0.842 bits per heavy atom. The zero-order valence-corrected chi connectivity index (χ0v) is 21.8. The van der Waals surface area contributed by atoms with Crippen molar-refractivity contribution in [2.75, 3.05) is 15.5 Å². The molecular formula is C29H26ClN3O5. The number of rotatable bonds is 8. The minimum atomic E-state index is -0.608. The first-order valence-electron chi connectivity index (χ1n) is 12.0. The highest BCUT2D eigenvalue weighted by molar-refractivity contribution is 6.53. The number of carbonyl (C=O) groups excluding carboxylic acids is 4. The maximum atomic E-state index is 13.0. The molecule has 0 unspecified atom stereocenters. The van der Waals surface area contributed by atoms with E-state index in [4.69, 9.17) is 16.3 Å². The van der Waals surface area contributed by atoms with Crippen LogP contribution in [0.15, 0.2) is 83.5 Å². The lowest BCUT2D eigenvalue weighted by Crippen LogP contribution is -2.32. The van der Waals surface area contributed by atoms with E-state index in [9.17, 15) is 19.2 Å². The van der Waals surface area contributed by atoms with Gasteiger partial charge >= 0.3 is 5.97 Å². The predicted molar refractivity (Wildman–Crippen MR) is 146 cm³/mol. The number of anilines is 3. The van der Waals surface area contributed by atoms with Crippen LogP contribution in [0.25, 0.3) is 0 Å². The summed E-state index contributed by atoms with van der Waals surface area (Å²) in [7, 11) is 0. The van der Waals surface area contributed by atoms with Crippen molar-refractivity contribution in [2.45, 2.75) is 33.3 Å². The molecule has 3 aromatic carbocycles. The van der Waals surface area contributed by atoms with Gasteiger partial charge in [0.2, 0.25) is 0 Å². The minimum Gasteiger partial charge on any atom is -0.459 e. The van der Waals surface area contributed by atoms with E-state index in [1.807, 2.05) is 19.1 Å². The van der Waals surface area contributed by atoms with Gasteiger partial charge in [0, 0.05) is 16.9 Å². The number of carbonyl (C=O) groups is 4. The SMILES string of the molecule is CCc1ccc(N2C(=O)C(Cl)=C(Nc3ccc(C(=O)Nc4ccc(C(=O)OC(C)C)cc4)cc3)C2=O)cc1. The Morgan fingerprint density at radius 3 is 2.00 bits per heavy atom.